The molecule has 0 spiro atoms. The van der Waals surface area contributed by atoms with Gasteiger partial charge < -0.3 is 19.8 Å². The molecule has 1 aliphatic heterocycles. The number of rotatable bonds is 5. The van der Waals surface area contributed by atoms with Crippen LogP contribution < -0.4 is 5.32 Å². The van der Waals surface area contributed by atoms with Crippen molar-refractivity contribution >= 4 is 28.5 Å². The lowest BCUT2D eigenvalue weighted by Crippen LogP contribution is -2.44. The van der Waals surface area contributed by atoms with Crippen molar-refractivity contribution in [3.8, 4) is 0 Å². The van der Waals surface area contributed by atoms with Gasteiger partial charge in [0.2, 0.25) is 5.91 Å². The van der Waals surface area contributed by atoms with Crippen molar-refractivity contribution < 1.29 is 14.3 Å². The average molecular weight is 324 g/mol. The second kappa shape index (κ2) is 6.64. The van der Waals surface area contributed by atoms with E-state index in [0.29, 0.717) is 30.7 Å². The largest absolute Gasteiger partial charge is 0.376 e. The third-order valence-corrected chi connectivity index (χ3v) is 3.81. The molecule has 1 saturated heterocycles. The Kier molecular flexibility index (Phi) is 4.61. The molecule has 6 nitrogen and oxygen atoms in total. The maximum absolute atomic E-state index is 12.2. The lowest BCUT2D eigenvalue weighted by atomic mass is 10.2. The quantitative estimate of drug-likeness (QED) is 0.877. The Bertz CT molecular complexity index is 673. The van der Waals surface area contributed by atoms with E-state index in [1.54, 1.807) is 12.1 Å². The van der Waals surface area contributed by atoms with Gasteiger partial charge in [-0.15, -0.1) is 0 Å². The number of aromatic nitrogens is 2. The lowest BCUT2D eigenvalue weighted by molar-refractivity contribution is -0.122. The smallest absolute Gasteiger partial charge is 0.227 e. The lowest BCUT2D eigenvalue weighted by Gasteiger charge is -2.18. The van der Waals surface area contributed by atoms with Crippen LogP contribution in [0.5, 0.6) is 0 Å². The predicted octanol–water partition coefficient (Wildman–Crippen LogP) is 1.68. The highest BCUT2D eigenvalue weighted by atomic mass is 35.5. The van der Waals surface area contributed by atoms with Gasteiger partial charge in [-0.2, -0.15) is 0 Å². The van der Waals surface area contributed by atoms with Crippen LogP contribution in [0, 0.1) is 0 Å². The fourth-order valence-electron chi connectivity index (χ4n) is 2.58. The maximum Gasteiger partial charge on any atom is 0.227 e. The molecule has 2 N–H and O–H groups in total. The number of carbonyl (C=O) groups excluding carboxylic acids is 1. The Morgan fingerprint density at radius 3 is 3.23 bits per heavy atom. The van der Waals surface area contributed by atoms with Gasteiger partial charge in [-0.05, 0) is 25.1 Å². The summed E-state index contributed by atoms with van der Waals surface area (Å²) in [7, 11) is 0. The average Bonchev–Trinajstić information content (AvgIpc) is 3.05. The van der Waals surface area contributed by atoms with Crippen LogP contribution in [0.25, 0.3) is 11.0 Å². The topological polar surface area (TPSA) is 76.2 Å². The molecule has 1 fully saturated rings. The van der Waals surface area contributed by atoms with Gasteiger partial charge in [0.15, 0.2) is 0 Å². The highest BCUT2D eigenvalue weighted by molar-refractivity contribution is 6.31. The van der Waals surface area contributed by atoms with Crippen molar-refractivity contribution in [3.63, 3.8) is 0 Å². The number of halogens is 1. The van der Waals surface area contributed by atoms with Gasteiger partial charge in [-0.3, -0.25) is 4.79 Å². The van der Waals surface area contributed by atoms with Crippen LogP contribution >= 0.6 is 11.6 Å². The predicted molar refractivity (Wildman–Crippen MR) is 83.0 cm³/mol. The number of aromatic amines is 1. The van der Waals surface area contributed by atoms with E-state index in [9.17, 15) is 4.79 Å². The van der Waals surface area contributed by atoms with Crippen molar-refractivity contribution in [2.24, 2.45) is 0 Å². The zero-order valence-corrected chi connectivity index (χ0v) is 13.0. The van der Waals surface area contributed by atoms with Gasteiger partial charge in [0, 0.05) is 11.6 Å². The third kappa shape index (κ3) is 3.40. The van der Waals surface area contributed by atoms with Crippen molar-refractivity contribution in [1.82, 2.24) is 15.3 Å². The Labute approximate surface area is 133 Å². The van der Waals surface area contributed by atoms with Crippen LogP contribution in [-0.2, 0) is 20.7 Å². The number of hydrogen-bond acceptors (Lipinski definition) is 4. The summed E-state index contributed by atoms with van der Waals surface area (Å²) < 4.78 is 10.9. The molecule has 0 saturated carbocycles. The molecule has 0 radical (unpaired) electrons. The summed E-state index contributed by atoms with van der Waals surface area (Å²) in [5.41, 5.74) is 1.62. The maximum atomic E-state index is 12.2. The molecular formula is C15H18ClN3O3. The van der Waals surface area contributed by atoms with Crippen LogP contribution in [0.15, 0.2) is 18.2 Å². The van der Waals surface area contributed by atoms with E-state index in [-0.39, 0.29) is 24.5 Å². The summed E-state index contributed by atoms with van der Waals surface area (Å²) in [6.45, 7) is 3.52. The van der Waals surface area contributed by atoms with E-state index < -0.39 is 0 Å². The zero-order chi connectivity index (χ0) is 15.5. The molecule has 1 amide bonds. The molecule has 1 aliphatic rings. The molecule has 2 heterocycles. The fourth-order valence-corrected chi connectivity index (χ4v) is 2.75. The summed E-state index contributed by atoms with van der Waals surface area (Å²) in [6.07, 6.45) is 0.102. The number of nitrogens with one attached hydrogen (secondary N) is 2. The molecule has 1 aromatic heterocycles. The van der Waals surface area contributed by atoms with Crippen LogP contribution in [0.4, 0.5) is 0 Å². The Morgan fingerprint density at radius 2 is 2.41 bits per heavy atom. The molecule has 0 unspecified atom stereocenters. The first-order valence-electron chi connectivity index (χ1n) is 7.28. The van der Waals surface area contributed by atoms with Crippen molar-refractivity contribution in [2.75, 3.05) is 19.8 Å². The second-order valence-corrected chi connectivity index (χ2v) is 5.66. The number of benzene rings is 1. The van der Waals surface area contributed by atoms with E-state index in [4.69, 9.17) is 21.1 Å². The van der Waals surface area contributed by atoms with E-state index in [2.05, 4.69) is 15.3 Å². The number of H-pyrrole nitrogens is 1. The standard InChI is InChI=1S/C15H18ClN3O3/c1-2-22-13-8-21-7-12(13)19-15(20)6-14-17-10-4-3-9(16)5-11(10)18-14/h3-5,12-13H,2,6-8H2,1H3,(H,17,18)(H,19,20)/t12-,13-/m0/s1. The number of fused-ring (bicyclic) bond motifs is 1. The van der Waals surface area contributed by atoms with Gasteiger partial charge in [0.25, 0.3) is 0 Å². The van der Waals surface area contributed by atoms with Crippen molar-refractivity contribution in [3.05, 3.63) is 29.0 Å². The van der Waals surface area contributed by atoms with Crippen molar-refractivity contribution in [1.29, 1.82) is 0 Å². The second-order valence-electron chi connectivity index (χ2n) is 5.23. The molecule has 0 bridgehead atoms. The number of nitrogens with zero attached hydrogens (tertiary/aromatic N) is 1. The van der Waals surface area contributed by atoms with E-state index in [1.807, 2.05) is 13.0 Å². The number of hydrogen-bond donors (Lipinski definition) is 2. The number of carbonyl (C=O) groups is 1. The molecule has 118 valence electrons. The van der Waals surface area contributed by atoms with Gasteiger partial charge in [-0.1, -0.05) is 11.6 Å². The third-order valence-electron chi connectivity index (χ3n) is 3.58. The molecule has 2 atom stereocenters. The summed E-state index contributed by atoms with van der Waals surface area (Å²) in [4.78, 5) is 19.6. The van der Waals surface area contributed by atoms with Gasteiger partial charge in [-0.25, -0.2) is 4.98 Å². The minimum Gasteiger partial charge on any atom is -0.376 e. The van der Waals surface area contributed by atoms with E-state index in [0.717, 1.165) is 11.0 Å². The summed E-state index contributed by atoms with van der Waals surface area (Å²) in [6, 6.07) is 5.29. The number of ether oxygens (including phenoxy) is 2. The van der Waals surface area contributed by atoms with Crippen molar-refractivity contribution in [2.45, 2.75) is 25.5 Å². The van der Waals surface area contributed by atoms with Gasteiger partial charge >= 0.3 is 0 Å². The number of imidazole rings is 1. The van der Waals surface area contributed by atoms with Crippen LogP contribution in [0.2, 0.25) is 5.02 Å². The van der Waals surface area contributed by atoms with E-state index in [1.165, 1.54) is 0 Å². The molecular weight excluding hydrogens is 306 g/mol. The molecule has 7 heteroatoms. The normalized spacial score (nSPS) is 21.4. The van der Waals surface area contributed by atoms with Crippen LogP contribution in [0.1, 0.15) is 12.7 Å². The molecule has 0 aliphatic carbocycles. The van der Waals surface area contributed by atoms with Gasteiger partial charge in [0.1, 0.15) is 11.9 Å². The Hall–Kier alpha value is -1.63. The van der Waals surface area contributed by atoms with E-state index >= 15 is 0 Å². The first-order chi connectivity index (χ1) is 10.7. The first-order valence-corrected chi connectivity index (χ1v) is 7.66. The monoisotopic (exact) mass is 323 g/mol. The minimum atomic E-state index is -0.106. The minimum absolute atomic E-state index is 0.0802. The Morgan fingerprint density at radius 1 is 1.55 bits per heavy atom. The first kappa shape index (κ1) is 15.3. The highest BCUT2D eigenvalue weighted by Gasteiger charge is 2.30. The molecule has 1 aromatic carbocycles. The Balaban J connectivity index is 1.63. The SMILES string of the molecule is CCO[C@H]1COC[C@@H]1NC(=O)Cc1nc2ccc(Cl)cc2[nH]1. The van der Waals surface area contributed by atoms with Crippen LogP contribution in [0.3, 0.4) is 0 Å². The molecule has 3 rings (SSSR count). The summed E-state index contributed by atoms with van der Waals surface area (Å²) >= 11 is 5.94. The van der Waals surface area contributed by atoms with Crippen LogP contribution in [-0.4, -0.2) is 47.8 Å². The number of amides is 1. The summed E-state index contributed by atoms with van der Waals surface area (Å²) in [5.74, 6) is 0.506. The molecule has 2 aromatic rings. The van der Waals surface area contributed by atoms with Gasteiger partial charge in [0.05, 0.1) is 36.7 Å². The molecule has 22 heavy (non-hydrogen) atoms. The summed E-state index contributed by atoms with van der Waals surface area (Å²) in [5, 5.41) is 3.58. The highest BCUT2D eigenvalue weighted by Crippen LogP contribution is 2.17. The fraction of sp³-hybridized carbons (Fsp3) is 0.467. The zero-order valence-electron chi connectivity index (χ0n) is 12.3.